The Morgan fingerprint density at radius 2 is 2.29 bits per heavy atom. The SMILES string of the molecule is N#CCC=Cc1cc(CO)ccc1F. The molecule has 0 bridgehead atoms. The van der Waals surface area contributed by atoms with E-state index in [2.05, 4.69) is 0 Å². The van der Waals surface area contributed by atoms with Crippen LogP contribution in [0.3, 0.4) is 0 Å². The summed E-state index contributed by atoms with van der Waals surface area (Å²) in [4.78, 5) is 0. The first kappa shape index (κ1) is 10.4. The van der Waals surface area contributed by atoms with Gasteiger partial charge in [0.15, 0.2) is 0 Å². The number of benzene rings is 1. The minimum atomic E-state index is -0.351. The molecule has 2 nitrogen and oxygen atoms in total. The van der Waals surface area contributed by atoms with Crippen molar-refractivity contribution in [3.05, 3.63) is 41.2 Å². The van der Waals surface area contributed by atoms with E-state index in [0.717, 1.165) is 0 Å². The van der Waals surface area contributed by atoms with Gasteiger partial charge in [0.2, 0.25) is 0 Å². The van der Waals surface area contributed by atoms with Gasteiger partial charge in [-0.2, -0.15) is 5.26 Å². The third kappa shape index (κ3) is 2.68. The van der Waals surface area contributed by atoms with Gasteiger partial charge in [-0.25, -0.2) is 4.39 Å². The van der Waals surface area contributed by atoms with E-state index in [4.69, 9.17) is 10.4 Å². The van der Waals surface area contributed by atoms with E-state index in [1.54, 1.807) is 12.1 Å². The minimum absolute atomic E-state index is 0.112. The number of rotatable bonds is 3. The van der Waals surface area contributed by atoms with E-state index in [-0.39, 0.29) is 18.8 Å². The smallest absolute Gasteiger partial charge is 0.130 e. The second-order valence-corrected chi connectivity index (χ2v) is 2.78. The highest BCUT2D eigenvalue weighted by Gasteiger charge is 1.99. The molecule has 1 rings (SSSR count). The van der Waals surface area contributed by atoms with Gasteiger partial charge in [-0.05, 0) is 17.7 Å². The standard InChI is InChI=1S/C11H10FNO/c12-11-5-4-9(8-14)7-10(11)3-1-2-6-13/h1,3-5,7,14H,2,8H2. The second-order valence-electron chi connectivity index (χ2n) is 2.78. The number of allylic oxidation sites excluding steroid dienone is 1. The fourth-order valence-electron chi connectivity index (χ4n) is 1.06. The number of aliphatic hydroxyl groups is 1. The summed E-state index contributed by atoms with van der Waals surface area (Å²) in [6, 6.07) is 6.31. The van der Waals surface area contributed by atoms with Crippen molar-refractivity contribution in [2.45, 2.75) is 13.0 Å². The molecule has 0 radical (unpaired) electrons. The first-order valence-electron chi connectivity index (χ1n) is 4.20. The van der Waals surface area contributed by atoms with Crippen LogP contribution >= 0.6 is 0 Å². The van der Waals surface area contributed by atoms with Crippen LogP contribution in [0.1, 0.15) is 17.5 Å². The Balaban J connectivity index is 2.90. The zero-order valence-corrected chi connectivity index (χ0v) is 7.57. The number of aliphatic hydroxyl groups excluding tert-OH is 1. The van der Waals surface area contributed by atoms with Crippen molar-refractivity contribution < 1.29 is 9.50 Å². The van der Waals surface area contributed by atoms with Crippen LogP contribution in [0, 0.1) is 17.1 Å². The predicted octanol–water partition coefficient (Wildman–Crippen LogP) is 2.24. The third-order valence-corrected chi connectivity index (χ3v) is 1.75. The summed E-state index contributed by atoms with van der Waals surface area (Å²) in [5, 5.41) is 17.1. The fraction of sp³-hybridized carbons (Fsp3) is 0.182. The van der Waals surface area contributed by atoms with Crippen LogP contribution in [0.25, 0.3) is 6.08 Å². The van der Waals surface area contributed by atoms with Gasteiger partial charge in [-0.1, -0.05) is 18.2 Å². The molecule has 0 heterocycles. The van der Waals surface area contributed by atoms with E-state index >= 15 is 0 Å². The number of hydrogen-bond acceptors (Lipinski definition) is 2. The summed E-state index contributed by atoms with van der Waals surface area (Å²) in [5.41, 5.74) is 1.05. The average Bonchev–Trinajstić information content (AvgIpc) is 2.21. The van der Waals surface area contributed by atoms with E-state index < -0.39 is 0 Å². The zero-order chi connectivity index (χ0) is 10.4. The highest BCUT2D eigenvalue weighted by molar-refractivity contribution is 5.51. The quantitative estimate of drug-likeness (QED) is 0.796. The second kappa shape index (κ2) is 5.15. The summed E-state index contributed by atoms with van der Waals surface area (Å²) in [6.45, 7) is -0.112. The number of nitriles is 1. The highest BCUT2D eigenvalue weighted by atomic mass is 19.1. The Hall–Kier alpha value is -1.66. The number of halogens is 1. The molecule has 0 amide bonds. The lowest BCUT2D eigenvalue weighted by atomic mass is 10.1. The van der Waals surface area contributed by atoms with Gasteiger partial charge in [-0.3, -0.25) is 0 Å². The van der Waals surface area contributed by atoms with Gasteiger partial charge in [-0.15, -0.1) is 0 Å². The normalized spacial score (nSPS) is 10.4. The molecule has 0 unspecified atom stereocenters. The van der Waals surface area contributed by atoms with Crippen LogP contribution in [-0.4, -0.2) is 5.11 Å². The maximum Gasteiger partial charge on any atom is 0.130 e. The molecule has 0 saturated heterocycles. The Labute approximate surface area is 81.9 Å². The van der Waals surface area contributed by atoms with Crippen molar-refractivity contribution in [3.8, 4) is 6.07 Å². The van der Waals surface area contributed by atoms with Crippen molar-refractivity contribution in [2.24, 2.45) is 0 Å². The Bertz CT molecular complexity index is 379. The minimum Gasteiger partial charge on any atom is -0.392 e. The van der Waals surface area contributed by atoms with Crippen molar-refractivity contribution >= 4 is 6.08 Å². The van der Waals surface area contributed by atoms with Crippen LogP contribution in [0.15, 0.2) is 24.3 Å². The third-order valence-electron chi connectivity index (χ3n) is 1.75. The lowest BCUT2D eigenvalue weighted by Gasteiger charge is -1.99. The molecule has 1 aromatic rings. The monoisotopic (exact) mass is 191 g/mol. The first-order valence-corrected chi connectivity index (χ1v) is 4.20. The van der Waals surface area contributed by atoms with E-state index in [0.29, 0.717) is 11.1 Å². The molecule has 3 heteroatoms. The van der Waals surface area contributed by atoms with E-state index in [9.17, 15) is 4.39 Å². The maximum atomic E-state index is 13.1. The molecule has 0 spiro atoms. The van der Waals surface area contributed by atoms with Gasteiger partial charge in [0.1, 0.15) is 5.82 Å². The molecule has 1 aromatic carbocycles. The van der Waals surface area contributed by atoms with Crippen LogP contribution in [0.2, 0.25) is 0 Å². The van der Waals surface area contributed by atoms with Gasteiger partial charge in [0.25, 0.3) is 0 Å². The molecular formula is C11H10FNO. The highest BCUT2D eigenvalue weighted by Crippen LogP contribution is 2.12. The topological polar surface area (TPSA) is 44.0 Å². The summed E-state index contributed by atoms with van der Waals surface area (Å²) in [7, 11) is 0. The first-order chi connectivity index (χ1) is 6.77. The van der Waals surface area contributed by atoms with E-state index in [1.165, 1.54) is 18.2 Å². The predicted molar refractivity (Wildman–Crippen MR) is 51.6 cm³/mol. The lowest BCUT2D eigenvalue weighted by Crippen LogP contribution is -1.87. The molecule has 0 aliphatic rings. The molecule has 0 aliphatic carbocycles. The van der Waals surface area contributed by atoms with Crippen molar-refractivity contribution in [3.63, 3.8) is 0 Å². The Kier molecular flexibility index (Phi) is 3.84. The van der Waals surface area contributed by atoms with Crippen molar-refractivity contribution in [2.75, 3.05) is 0 Å². The van der Waals surface area contributed by atoms with Crippen LogP contribution in [0.4, 0.5) is 4.39 Å². The van der Waals surface area contributed by atoms with Gasteiger partial charge in [0, 0.05) is 5.56 Å². The van der Waals surface area contributed by atoms with Gasteiger partial charge >= 0.3 is 0 Å². The molecule has 0 atom stereocenters. The number of hydrogen-bond donors (Lipinski definition) is 1. The summed E-state index contributed by atoms with van der Waals surface area (Å²) < 4.78 is 13.1. The molecule has 1 N–H and O–H groups in total. The van der Waals surface area contributed by atoms with Gasteiger partial charge in [0.05, 0.1) is 19.1 Å². The lowest BCUT2D eigenvalue weighted by molar-refractivity contribution is 0.281. The molecule has 0 aromatic heterocycles. The molecular weight excluding hydrogens is 181 g/mol. The Morgan fingerprint density at radius 3 is 2.93 bits per heavy atom. The van der Waals surface area contributed by atoms with Crippen molar-refractivity contribution in [1.29, 1.82) is 5.26 Å². The van der Waals surface area contributed by atoms with Gasteiger partial charge < -0.3 is 5.11 Å². The largest absolute Gasteiger partial charge is 0.392 e. The van der Waals surface area contributed by atoms with Crippen LogP contribution < -0.4 is 0 Å². The Morgan fingerprint density at radius 1 is 1.50 bits per heavy atom. The van der Waals surface area contributed by atoms with Crippen molar-refractivity contribution in [1.82, 2.24) is 0 Å². The van der Waals surface area contributed by atoms with Crippen LogP contribution in [0.5, 0.6) is 0 Å². The molecule has 0 fully saturated rings. The summed E-state index contributed by atoms with van der Waals surface area (Å²) in [6.07, 6.45) is 3.38. The zero-order valence-electron chi connectivity index (χ0n) is 7.57. The maximum absolute atomic E-state index is 13.1. The molecule has 14 heavy (non-hydrogen) atoms. The van der Waals surface area contributed by atoms with Crippen LogP contribution in [-0.2, 0) is 6.61 Å². The molecule has 0 saturated carbocycles. The molecule has 0 aliphatic heterocycles. The fourth-order valence-corrected chi connectivity index (χ4v) is 1.06. The summed E-state index contributed by atoms with van der Waals surface area (Å²) >= 11 is 0. The average molecular weight is 191 g/mol. The van der Waals surface area contributed by atoms with E-state index in [1.807, 2.05) is 6.07 Å². The summed E-state index contributed by atoms with van der Waals surface area (Å²) in [5.74, 6) is -0.351. The number of nitrogens with zero attached hydrogens (tertiary/aromatic N) is 1. The molecule has 72 valence electrons.